The van der Waals surface area contributed by atoms with E-state index < -0.39 is 0 Å². The van der Waals surface area contributed by atoms with Crippen molar-refractivity contribution in [3.05, 3.63) is 21.3 Å². The molecular formula is C11H15Cl2NOS. The van der Waals surface area contributed by atoms with Crippen molar-refractivity contribution in [2.45, 2.75) is 19.3 Å². The number of nitrogens with zero attached hydrogens (tertiary/aromatic N) is 1. The molecule has 5 heteroatoms. The van der Waals surface area contributed by atoms with Crippen LogP contribution in [-0.4, -0.2) is 30.3 Å². The second-order valence-electron chi connectivity index (χ2n) is 3.58. The first-order valence-electron chi connectivity index (χ1n) is 5.22. The van der Waals surface area contributed by atoms with Crippen molar-refractivity contribution in [3.8, 4) is 0 Å². The Bertz CT molecular complexity index is 340. The topological polar surface area (TPSA) is 20.3 Å². The average Bonchev–Trinajstić information content (AvgIpc) is 2.70. The number of hydrogen-bond acceptors (Lipinski definition) is 2. The number of alkyl halides is 1. The third kappa shape index (κ3) is 4.32. The van der Waals surface area contributed by atoms with Crippen molar-refractivity contribution in [1.82, 2.24) is 4.90 Å². The zero-order chi connectivity index (χ0) is 12.0. The van der Waals surface area contributed by atoms with Crippen LogP contribution in [-0.2, 0) is 0 Å². The molecule has 0 N–H and O–H groups in total. The maximum absolute atomic E-state index is 11.9. The van der Waals surface area contributed by atoms with Gasteiger partial charge in [0, 0.05) is 19.5 Å². The standard InChI is InChI=1S/C11H15Cl2NOS/c1-14(8-4-2-3-7-12)11(15)9-5-6-10(13)16-9/h5-6H,2-4,7-8H2,1H3. The van der Waals surface area contributed by atoms with Gasteiger partial charge in [-0.3, -0.25) is 4.79 Å². The summed E-state index contributed by atoms with van der Waals surface area (Å²) in [5.74, 6) is 0.737. The van der Waals surface area contributed by atoms with Crippen LogP contribution in [0.5, 0.6) is 0 Å². The first-order valence-corrected chi connectivity index (χ1v) is 6.95. The second-order valence-corrected chi connectivity index (χ2v) is 5.67. The molecule has 16 heavy (non-hydrogen) atoms. The highest BCUT2D eigenvalue weighted by atomic mass is 35.5. The number of carbonyl (C=O) groups is 1. The van der Waals surface area contributed by atoms with E-state index in [-0.39, 0.29) is 5.91 Å². The Balaban J connectivity index is 2.36. The van der Waals surface area contributed by atoms with Crippen molar-refractivity contribution in [2.24, 2.45) is 0 Å². The van der Waals surface area contributed by atoms with Crippen LogP contribution in [0.1, 0.15) is 28.9 Å². The van der Waals surface area contributed by atoms with E-state index in [4.69, 9.17) is 23.2 Å². The molecule has 1 rings (SSSR count). The fourth-order valence-corrected chi connectivity index (χ4v) is 2.57. The molecule has 0 saturated heterocycles. The summed E-state index contributed by atoms with van der Waals surface area (Å²) in [5, 5.41) is 0. The molecule has 0 spiro atoms. The van der Waals surface area contributed by atoms with E-state index >= 15 is 0 Å². The Morgan fingerprint density at radius 3 is 2.69 bits per heavy atom. The molecule has 1 heterocycles. The molecule has 0 aliphatic heterocycles. The van der Waals surface area contributed by atoms with E-state index in [0.29, 0.717) is 15.1 Å². The number of hydrogen-bond donors (Lipinski definition) is 0. The fourth-order valence-electron chi connectivity index (χ4n) is 1.34. The summed E-state index contributed by atoms with van der Waals surface area (Å²) in [4.78, 5) is 14.3. The molecule has 0 fully saturated rings. The first kappa shape index (κ1) is 13.8. The predicted molar refractivity (Wildman–Crippen MR) is 70.9 cm³/mol. The molecular weight excluding hydrogens is 265 g/mol. The number of rotatable bonds is 6. The van der Waals surface area contributed by atoms with Crippen molar-refractivity contribution in [1.29, 1.82) is 0 Å². The van der Waals surface area contributed by atoms with Crippen LogP contribution in [0.4, 0.5) is 0 Å². The van der Waals surface area contributed by atoms with Gasteiger partial charge in [0.25, 0.3) is 5.91 Å². The third-order valence-electron chi connectivity index (χ3n) is 2.26. The lowest BCUT2D eigenvalue weighted by Crippen LogP contribution is -2.26. The summed E-state index contributed by atoms with van der Waals surface area (Å²) < 4.78 is 0.652. The van der Waals surface area contributed by atoms with Gasteiger partial charge in [-0.25, -0.2) is 0 Å². The fraction of sp³-hybridized carbons (Fsp3) is 0.545. The van der Waals surface area contributed by atoms with Gasteiger partial charge in [0.1, 0.15) is 0 Å². The minimum Gasteiger partial charge on any atom is -0.341 e. The third-order valence-corrected chi connectivity index (χ3v) is 3.74. The van der Waals surface area contributed by atoms with Crippen LogP contribution >= 0.6 is 34.5 Å². The van der Waals surface area contributed by atoms with Crippen LogP contribution in [0.15, 0.2) is 12.1 Å². The van der Waals surface area contributed by atoms with Crippen LogP contribution in [0, 0.1) is 0 Å². The summed E-state index contributed by atoms with van der Waals surface area (Å²) in [7, 11) is 1.82. The van der Waals surface area contributed by atoms with Crippen LogP contribution in [0.3, 0.4) is 0 Å². The van der Waals surface area contributed by atoms with Gasteiger partial charge in [-0.1, -0.05) is 18.0 Å². The molecule has 0 aliphatic carbocycles. The summed E-state index contributed by atoms with van der Waals surface area (Å²) in [5.41, 5.74) is 0. The highest BCUT2D eigenvalue weighted by Gasteiger charge is 2.13. The van der Waals surface area contributed by atoms with E-state index in [0.717, 1.165) is 25.8 Å². The molecule has 0 radical (unpaired) electrons. The Morgan fingerprint density at radius 1 is 1.38 bits per heavy atom. The predicted octanol–water partition coefficient (Wildman–Crippen LogP) is 3.88. The number of halogens is 2. The van der Waals surface area contributed by atoms with Crippen molar-refractivity contribution < 1.29 is 4.79 Å². The van der Waals surface area contributed by atoms with Crippen LogP contribution in [0.25, 0.3) is 0 Å². The van der Waals surface area contributed by atoms with Crippen LogP contribution < -0.4 is 0 Å². The van der Waals surface area contributed by atoms with Gasteiger partial charge in [-0.15, -0.1) is 22.9 Å². The maximum atomic E-state index is 11.9. The van der Waals surface area contributed by atoms with E-state index in [1.54, 1.807) is 17.0 Å². The molecule has 0 saturated carbocycles. The Labute approximate surface area is 110 Å². The summed E-state index contributed by atoms with van der Waals surface area (Å²) in [6.45, 7) is 0.769. The summed E-state index contributed by atoms with van der Waals surface area (Å²) in [6.07, 6.45) is 3.06. The summed E-state index contributed by atoms with van der Waals surface area (Å²) in [6, 6.07) is 3.52. The normalized spacial score (nSPS) is 10.4. The van der Waals surface area contributed by atoms with Crippen molar-refractivity contribution >= 4 is 40.4 Å². The minimum atomic E-state index is 0.0442. The second kappa shape index (κ2) is 7.15. The molecule has 90 valence electrons. The molecule has 0 aliphatic rings. The van der Waals surface area contributed by atoms with Crippen molar-refractivity contribution in [3.63, 3.8) is 0 Å². The van der Waals surface area contributed by atoms with Gasteiger partial charge in [0.05, 0.1) is 9.21 Å². The lowest BCUT2D eigenvalue weighted by atomic mass is 10.2. The molecule has 0 unspecified atom stereocenters. The first-order chi connectivity index (χ1) is 7.65. The molecule has 1 aromatic rings. The Kier molecular flexibility index (Phi) is 6.17. The van der Waals surface area contributed by atoms with E-state index in [9.17, 15) is 4.79 Å². The van der Waals surface area contributed by atoms with Crippen molar-refractivity contribution in [2.75, 3.05) is 19.5 Å². The number of amides is 1. The van der Waals surface area contributed by atoms with E-state index in [1.165, 1.54) is 11.3 Å². The minimum absolute atomic E-state index is 0.0442. The smallest absolute Gasteiger partial charge is 0.263 e. The molecule has 0 aromatic carbocycles. The zero-order valence-electron chi connectivity index (χ0n) is 9.21. The molecule has 0 atom stereocenters. The lowest BCUT2D eigenvalue weighted by Gasteiger charge is -2.15. The van der Waals surface area contributed by atoms with E-state index in [1.807, 2.05) is 7.05 Å². The molecule has 1 aromatic heterocycles. The molecule has 2 nitrogen and oxygen atoms in total. The van der Waals surface area contributed by atoms with E-state index in [2.05, 4.69) is 0 Å². The average molecular weight is 280 g/mol. The molecule has 0 bridgehead atoms. The van der Waals surface area contributed by atoms with Gasteiger partial charge in [0.15, 0.2) is 0 Å². The van der Waals surface area contributed by atoms with Gasteiger partial charge < -0.3 is 4.90 Å². The van der Waals surface area contributed by atoms with Gasteiger partial charge >= 0.3 is 0 Å². The quantitative estimate of drug-likeness (QED) is 0.572. The number of thiophene rings is 1. The SMILES string of the molecule is CN(CCCCCCl)C(=O)c1ccc(Cl)s1. The maximum Gasteiger partial charge on any atom is 0.263 e. The van der Waals surface area contributed by atoms with Crippen LogP contribution in [0.2, 0.25) is 4.34 Å². The lowest BCUT2D eigenvalue weighted by molar-refractivity contribution is 0.0797. The highest BCUT2D eigenvalue weighted by molar-refractivity contribution is 7.17. The van der Waals surface area contributed by atoms with Gasteiger partial charge in [-0.05, 0) is 25.0 Å². The zero-order valence-corrected chi connectivity index (χ0v) is 11.5. The summed E-state index contributed by atoms with van der Waals surface area (Å²) >= 11 is 12.7. The largest absolute Gasteiger partial charge is 0.341 e. The molecule has 1 amide bonds. The van der Waals surface area contributed by atoms with Gasteiger partial charge in [-0.2, -0.15) is 0 Å². The number of unbranched alkanes of at least 4 members (excludes halogenated alkanes) is 2. The number of carbonyl (C=O) groups excluding carboxylic acids is 1. The highest BCUT2D eigenvalue weighted by Crippen LogP contribution is 2.22. The Hall–Kier alpha value is -0.250. The Morgan fingerprint density at radius 2 is 2.12 bits per heavy atom. The monoisotopic (exact) mass is 279 g/mol. The van der Waals surface area contributed by atoms with Gasteiger partial charge in [0.2, 0.25) is 0 Å².